The third-order valence-electron chi connectivity index (χ3n) is 4.96. The Morgan fingerprint density at radius 1 is 1.29 bits per heavy atom. The van der Waals surface area contributed by atoms with Crippen LogP contribution >= 0.6 is 11.6 Å². The van der Waals surface area contributed by atoms with Crippen LogP contribution in [0.3, 0.4) is 0 Å². The van der Waals surface area contributed by atoms with Gasteiger partial charge in [-0.05, 0) is 42.5 Å². The maximum absolute atomic E-state index is 13.2. The Bertz CT molecular complexity index is 911. The van der Waals surface area contributed by atoms with Crippen molar-refractivity contribution in [3.8, 4) is 5.75 Å². The molecule has 28 heavy (non-hydrogen) atoms. The maximum Gasteiger partial charge on any atom is 0.255 e. The number of carbonyl (C=O) groups excluding carboxylic acids is 2. The number of nitrogens with zero attached hydrogens (tertiary/aromatic N) is 1. The number of benzene rings is 2. The molecule has 3 rings (SSSR count). The summed E-state index contributed by atoms with van der Waals surface area (Å²) in [5.74, 6) is 0.412. The van der Waals surface area contributed by atoms with Crippen LogP contribution in [0.1, 0.15) is 41.8 Å². The number of amides is 2. The number of methoxy groups -OCH3 is 1. The minimum Gasteiger partial charge on any atom is -0.495 e. The highest BCUT2D eigenvalue weighted by atomic mass is 35.5. The molecule has 0 aromatic heterocycles. The van der Waals surface area contributed by atoms with E-state index in [0.29, 0.717) is 35.0 Å². The van der Waals surface area contributed by atoms with Gasteiger partial charge in [0, 0.05) is 23.2 Å². The third-order valence-corrected chi connectivity index (χ3v) is 5.37. The van der Waals surface area contributed by atoms with Crippen molar-refractivity contribution in [3.05, 3.63) is 58.1 Å². The van der Waals surface area contributed by atoms with Gasteiger partial charge in [0.05, 0.1) is 12.8 Å². The van der Waals surface area contributed by atoms with Gasteiger partial charge in [0.2, 0.25) is 5.91 Å². The van der Waals surface area contributed by atoms with Crippen LogP contribution < -0.4 is 10.1 Å². The molecule has 5 nitrogen and oxygen atoms in total. The lowest BCUT2D eigenvalue weighted by molar-refractivity contribution is -0.121. The summed E-state index contributed by atoms with van der Waals surface area (Å²) in [5.41, 5.74) is 3.01. The van der Waals surface area contributed by atoms with Gasteiger partial charge in [-0.15, -0.1) is 0 Å². The van der Waals surface area contributed by atoms with Gasteiger partial charge in [0.25, 0.3) is 5.91 Å². The lowest BCUT2D eigenvalue weighted by Crippen LogP contribution is -2.45. The monoisotopic (exact) mass is 400 g/mol. The minimum absolute atomic E-state index is 0.101. The van der Waals surface area contributed by atoms with Crippen molar-refractivity contribution < 1.29 is 14.3 Å². The van der Waals surface area contributed by atoms with Crippen LogP contribution in [0.25, 0.3) is 0 Å². The Morgan fingerprint density at radius 3 is 2.64 bits per heavy atom. The van der Waals surface area contributed by atoms with Gasteiger partial charge in [-0.2, -0.15) is 0 Å². The zero-order valence-corrected chi connectivity index (χ0v) is 17.3. The van der Waals surface area contributed by atoms with E-state index in [1.807, 2.05) is 45.0 Å². The van der Waals surface area contributed by atoms with Crippen molar-refractivity contribution in [2.75, 3.05) is 12.4 Å². The van der Waals surface area contributed by atoms with Crippen molar-refractivity contribution in [1.82, 2.24) is 4.90 Å². The van der Waals surface area contributed by atoms with E-state index in [9.17, 15) is 9.59 Å². The van der Waals surface area contributed by atoms with Gasteiger partial charge in [-0.1, -0.05) is 43.6 Å². The Balaban J connectivity index is 1.88. The largest absolute Gasteiger partial charge is 0.495 e. The maximum atomic E-state index is 13.2. The number of ether oxygens (including phenoxy) is 1. The van der Waals surface area contributed by atoms with E-state index >= 15 is 0 Å². The van der Waals surface area contributed by atoms with Gasteiger partial charge >= 0.3 is 0 Å². The molecule has 0 saturated heterocycles. The summed E-state index contributed by atoms with van der Waals surface area (Å²) in [4.78, 5) is 27.8. The van der Waals surface area contributed by atoms with E-state index in [4.69, 9.17) is 16.3 Å². The van der Waals surface area contributed by atoms with Crippen LogP contribution in [-0.4, -0.2) is 29.9 Å². The Morgan fingerprint density at radius 2 is 2.00 bits per heavy atom. The lowest BCUT2D eigenvalue weighted by Gasteiger charge is -2.28. The van der Waals surface area contributed by atoms with E-state index in [0.717, 1.165) is 11.1 Å². The first-order valence-corrected chi connectivity index (χ1v) is 9.73. The Labute approximate surface area is 170 Å². The molecule has 1 heterocycles. The van der Waals surface area contributed by atoms with E-state index in [2.05, 4.69) is 5.32 Å². The zero-order valence-electron chi connectivity index (χ0n) is 16.6. The van der Waals surface area contributed by atoms with Gasteiger partial charge in [-0.3, -0.25) is 9.59 Å². The highest BCUT2D eigenvalue weighted by Crippen LogP contribution is 2.32. The average molecular weight is 401 g/mol. The molecule has 2 aromatic rings. The number of halogens is 1. The number of hydrogen-bond acceptors (Lipinski definition) is 3. The van der Waals surface area contributed by atoms with Crippen LogP contribution in [0.2, 0.25) is 5.02 Å². The van der Waals surface area contributed by atoms with Crippen LogP contribution in [-0.2, 0) is 11.3 Å². The number of fused-ring (bicyclic) bond motifs is 1. The Hall–Kier alpha value is -2.53. The quantitative estimate of drug-likeness (QED) is 0.766. The van der Waals surface area contributed by atoms with Crippen LogP contribution in [0, 0.1) is 12.8 Å². The SMILES string of the molecule is COc1cc(Cl)c(C)cc1NC(=O)[C@@H](CC(C)C)N1Cc2ccccc2C1=O. The Kier molecular flexibility index (Phi) is 5.94. The smallest absolute Gasteiger partial charge is 0.255 e. The number of rotatable bonds is 6. The first-order valence-electron chi connectivity index (χ1n) is 9.35. The van der Waals surface area contributed by atoms with E-state index in [1.54, 1.807) is 17.0 Å². The predicted molar refractivity (Wildman–Crippen MR) is 111 cm³/mol. The molecule has 2 aromatic carbocycles. The molecule has 148 valence electrons. The van der Waals surface area contributed by atoms with Gasteiger partial charge < -0.3 is 15.0 Å². The normalized spacial score (nSPS) is 14.2. The molecule has 0 saturated carbocycles. The molecule has 0 radical (unpaired) electrons. The molecular formula is C22H25ClN2O3. The van der Waals surface area contributed by atoms with Gasteiger partial charge in [0.15, 0.2) is 0 Å². The second kappa shape index (κ2) is 8.23. The summed E-state index contributed by atoms with van der Waals surface area (Å²) in [6.45, 7) is 6.39. The zero-order chi connectivity index (χ0) is 20.4. The van der Waals surface area contributed by atoms with Crippen LogP contribution in [0.15, 0.2) is 36.4 Å². The highest BCUT2D eigenvalue weighted by Gasteiger charge is 2.36. The van der Waals surface area contributed by atoms with Crippen LogP contribution in [0.4, 0.5) is 5.69 Å². The van der Waals surface area contributed by atoms with Crippen molar-refractivity contribution in [3.63, 3.8) is 0 Å². The summed E-state index contributed by atoms with van der Waals surface area (Å²) in [6, 6.07) is 10.4. The molecule has 1 aliphatic heterocycles. The molecule has 1 aliphatic rings. The first-order chi connectivity index (χ1) is 13.3. The van der Waals surface area contributed by atoms with Crippen molar-refractivity contribution in [2.45, 2.75) is 39.8 Å². The fourth-order valence-corrected chi connectivity index (χ4v) is 3.65. The van der Waals surface area contributed by atoms with Crippen molar-refractivity contribution >= 4 is 29.1 Å². The molecule has 0 aliphatic carbocycles. The highest BCUT2D eigenvalue weighted by molar-refractivity contribution is 6.31. The summed E-state index contributed by atoms with van der Waals surface area (Å²) < 4.78 is 5.36. The third kappa shape index (κ3) is 3.99. The molecule has 0 fully saturated rings. The summed E-state index contributed by atoms with van der Waals surface area (Å²) >= 11 is 6.16. The predicted octanol–water partition coefficient (Wildman–Crippen LogP) is 4.67. The van der Waals surface area contributed by atoms with E-state index in [-0.39, 0.29) is 17.7 Å². The molecule has 6 heteroatoms. The summed E-state index contributed by atoms with van der Waals surface area (Å²) in [5, 5.41) is 3.51. The topological polar surface area (TPSA) is 58.6 Å². The molecule has 0 spiro atoms. The fourth-order valence-electron chi connectivity index (χ4n) is 3.50. The van der Waals surface area contributed by atoms with Crippen molar-refractivity contribution in [1.29, 1.82) is 0 Å². The minimum atomic E-state index is -0.569. The number of hydrogen-bond donors (Lipinski definition) is 1. The lowest BCUT2D eigenvalue weighted by atomic mass is 10.0. The second-order valence-electron chi connectivity index (χ2n) is 7.53. The number of carbonyl (C=O) groups is 2. The van der Waals surface area contributed by atoms with Crippen LogP contribution in [0.5, 0.6) is 5.75 Å². The van der Waals surface area contributed by atoms with Gasteiger partial charge in [-0.25, -0.2) is 0 Å². The van der Waals surface area contributed by atoms with Gasteiger partial charge in [0.1, 0.15) is 11.8 Å². The average Bonchev–Trinajstić information content (AvgIpc) is 2.99. The van der Waals surface area contributed by atoms with Crippen molar-refractivity contribution in [2.24, 2.45) is 5.92 Å². The molecule has 1 N–H and O–H groups in total. The first kappa shape index (κ1) is 20.2. The number of aryl methyl sites for hydroxylation is 1. The standard InChI is InChI=1S/C22H25ClN2O3/c1-13(2)9-19(25-12-15-7-5-6-8-16(15)22(25)27)21(26)24-18-10-14(3)17(23)11-20(18)28-4/h5-8,10-11,13,19H,9,12H2,1-4H3,(H,24,26)/t19-/m1/s1. The summed E-state index contributed by atoms with van der Waals surface area (Å²) in [7, 11) is 1.53. The number of nitrogens with one attached hydrogen (secondary N) is 1. The molecule has 2 amide bonds. The van der Waals surface area contributed by atoms with E-state index < -0.39 is 6.04 Å². The molecular weight excluding hydrogens is 376 g/mol. The number of anilines is 1. The fraction of sp³-hybridized carbons (Fsp3) is 0.364. The van der Waals surface area contributed by atoms with E-state index in [1.165, 1.54) is 7.11 Å². The summed E-state index contributed by atoms with van der Waals surface area (Å²) in [6.07, 6.45) is 0.570. The molecule has 0 unspecified atom stereocenters. The molecule has 1 atom stereocenters. The second-order valence-corrected chi connectivity index (χ2v) is 7.93. The molecule has 0 bridgehead atoms.